The predicted molar refractivity (Wildman–Crippen MR) is 95.6 cm³/mol. The molecule has 1 spiro atoms. The van der Waals surface area contributed by atoms with Gasteiger partial charge in [-0.05, 0) is 24.3 Å². The van der Waals surface area contributed by atoms with Crippen LogP contribution in [0, 0.1) is 5.82 Å². The summed E-state index contributed by atoms with van der Waals surface area (Å²) >= 11 is 0. The third-order valence-electron chi connectivity index (χ3n) is 5.57. The Morgan fingerprint density at radius 1 is 0.815 bits per heavy atom. The first-order valence-electron chi connectivity index (χ1n) is 9.43. The highest BCUT2D eigenvalue weighted by atomic mass is 19.1. The zero-order valence-electron chi connectivity index (χ0n) is 15.2. The van der Waals surface area contributed by atoms with E-state index in [4.69, 9.17) is 9.47 Å². The number of benzene rings is 1. The molecular weight excluding hydrogens is 353 g/mol. The molecule has 0 aromatic heterocycles. The maximum Gasteiger partial charge on any atom is 0.312 e. The lowest BCUT2D eigenvalue weighted by atomic mass is 10.0. The van der Waals surface area contributed by atoms with Crippen LogP contribution in [0.3, 0.4) is 0 Å². The van der Waals surface area contributed by atoms with E-state index in [0.29, 0.717) is 65.3 Å². The number of likely N-dealkylation sites (tertiary alicyclic amines) is 1. The van der Waals surface area contributed by atoms with E-state index in [1.807, 2.05) is 0 Å². The second-order valence-corrected chi connectivity index (χ2v) is 7.16. The summed E-state index contributed by atoms with van der Waals surface area (Å²) in [6.45, 7) is 4.32. The highest BCUT2D eigenvalue weighted by molar-refractivity contribution is 6.34. The molecule has 2 amide bonds. The Morgan fingerprint density at radius 3 is 1.89 bits per heavy atom. The molecule has 0 atom stereocenters. The number of rotatable bonds is 1. The molecule has 1 aromatic rings. The van der Waals surface area contributed by atoms with Gasteiger partial charge in [-0.3, -0.25) is 9.59 Å². The Balaban J connectivity index is 1.29. The molecule has 146 valence electrons. The van der Waals surface area contributed by atoms with Crippen LogP contribution in [-0.2, 0) is 19.1 Å². The fourth-order valence-electron chi connectivity index (χ4n) is 3.93. The van der Waals surface area contributed by atoms with Gasteiger partial charge in [-0.2, -0.15) is 0 Å². The quantitative estimate of drug-likeness (QED) is 0.679. The number of halogens is 1. The Morgan fingerprint density at radius 2 is 1.33 bits per heavy atom. The molecule has 0 N–H and O–H groups in total. The topological polar surface area (TPSA) is 62.3 Å². The second-order valence-electron chi connectivity index (χ2n) is 7.16. The van der Waals surface area contributed by atoms with Crippen LogP contribution in [0.2, 0.25) is 0 Å². The summed E-state index contributed by atoms with van der Waals surface area (Å²) in [5.41, 5.74) is 0.924. The molecule has 27 heavy (non-hydrogen) atoms. The summed E-state index contributed by atoms with van der Waals surface area (Å²) in [6, 6.07) is 6.32. The van der Waals surface area contributed by atoms with Gasteiger partial charge in [-0.1, -0.05) is 0 Å². The highest BCUT2D eigenvalue weighted by Gasteiger charge is 2.42. The molecule has 0 radical (unpaired) electrons. The van der Waals surface area contributed by atoms with Gasteiger partial charge in [0, 0.05) is 57.8 Å². The van der Waals surface area contributed by atoms with Gasteiger partial charge in [-0.15, -0.1) is 0 Å². The van der Waals surface area contributed by atoms with Crippen molar-refractivity contribution in [2.75, 3.05) is 57.4 Å². The van der Waals surface area contributed by atoms with E-state index < -0.39 is 17.6 Å². The second kappa shape index (κ2) is 7.44. The minimum Gasteiger partial charge on any atom is -0.368 e. The molecule has 0 bridgehead atoms. The number of piperazine rings is 1. The predicted octanol–water partition coefficient (Wildman–Crippen LogP) is 0.840. The lowest BCUT2D eigenvalue weighted by molar-refractivity contribution is -0.188. The lowest BCUT2D eigenvalue weighted by Crippen LogP contribution is -2.55. The van der Waals surface area contributed by atoms with E-state index in [-0.39, 0.29) is 5.82 Å². The Labute approximate surface area is 157 Å². The van der Waals surface area contributed by atoms with Crippen LogP contribution in [0.1, 0.15) is 12.8 Å². The average molecular weight is 377 g/mol. The van der Waals surface area contributed by atoms with Gasteiger partial charge >= 0.3 is 11.8 Å². The van der Waals surface area contributed by atoms with Crippen LogP contribution in [0.5, 0.6) is 0 Å². The van der Waals surface area contributed by atoms with Crippen LogP contribution in [0.15, 0.2) is 24.3 Å². The number of carbonyl (C=O) groups excluding carboxylic acids is 2. The van der Waals surface area contributed by atoms with Crippen molar-refractivity contribution in [3.63, 3.8) is 0 Å². The number of carbonyl (C=O) groups is 2. The third-order valence-corrected chi connectivity index (χ3v) is 5.57. The van der Waals surface area contributed by atoms with Gasteiger partial charge in [0.1, 0.15) is 5.82 Å². The Hall–Kier alpha value is -2.19. The summed E-state index contributed by atoms with van der Waals surface area (Å²) in [5.74, 6) is -1.72. The molecule has 0 saturated carbocycles. The fourth-order valence-corrected chi connectivity index (χ4v) is 3.93. The molecule has 1 aromatic carbocycles. The molecule has 3 heterocycles. The van der Waals surface area contributed by atoms with Crippen LogP contribution in [0.25, 0.3) is 0 Å². The molecule has 8 heteroatoms. The molecule has 4 rings (SSSR count). The molecular formula is C19H24FN3O4. The van der Waals surface area contributed by atoms with Crippen LogP contribution in [0.4, 0.5) is 10.1 Å². The maximum atomic E-state index is 13.1. The SMILES string of the molecule is O=C(C(=O)N1CCC2(CC1)OCCO2)N1CCN(c2ccc(F)cc2)CC1. The number of ether oxygens (including phenoxy) is 2. The lowest BCUT2D eigenvalue weighted by Gasteiger charge is -2.39. The van der Waals surface area contributed by atoms with E-state index in [0.717, 1.165) is 5.69 Å². The van der Waals surface area contributed by atoms with Crippen molar-refractivity contribution in [1.29, 1.82) is 0 Å². The van der Waals surface area contributed by atoms with E-state index >= 15 is 0 Å². The molecule has 3 saturated heterocycles. The molecule has 7 nitrogen and oxygen atoms in total. The van der Waals surface area contributed by atoms with Gasteiger partial charge in [0.05, 0.1) is 13.2 Å². The summed E-state index contributed by atoms with van der Waals surface area (Å²) in [4.78, 5) is 30.5. The van der Waals surface area contributed by atoms with E-state index in [2.05, 4.69) is 4.90 Å². The first-order valence-corrected chi connectivity index (χ1v) is 9.43. The number of amides is 2. The van der Waals surface area contributed by atoms with Gasteiger partial charge in [0.25, 0.3) is 0 Å². The third kappa shape index (κ3) is 3.77. The van der Waals surface area contributed by atoms with Gasteiger partial charge in [0.2, 0.25) is 0 Å². The highest BCUT2D eigenvalue weighted by Crippen LogP contribution is 2.31. The van der Waals surface area contributed by atoms with Gasteiger partial charge in [-0.25, -0.2) is 4.39 Å². The van der Waals surface area contributed by atoms with E-state index in [1.54, 1.807) is 21.9 Å². The van der Waals surface area contributed by atoms with Gasteiger partial charge in [0.15, 0.2) is 5.79 Å². The van der Waals surface area contributed by atoms with E-state index in [9.17, 15) is 14.0 Å². The molecule has 0 unspecified atom stereocenters. The van der Waals surface area contributed by atoms with Crippen molar-refractivity contribution in [3.05, 3.63) is 30.1 Å². The average Bonchev–Trinajstić information content (AvgIpc) is 3.16. The molecule has 3 aliphatic rings. The van der Waals surface area contributed by atoms with Crippen molar-refractivity contribution in [1.82, 2.24) is 9.80 Å². The summed E-state index contributed by atoms with van der Waals surface area (Å²) < 4.78 is 24.4. The van der Waals surface area contributed by atoms with Gasteiger partial charge < -0.3 is 24.2 Å². The zero-order chi connectivity index (χ0) is 18.9. The summed E-state index contributed by atoms with van der Waals surface area (Å²) in [5, 5.41) is 0. The molecule has 3 aliphatic heterocycles. The summed E-state index contributed by atoms with van der Waals surface area (Å²) in [6.07, 6.45) is 1.20. The van der Waals surface area contributed by atoms with Crippen LogP contribution in [-0.4, -0.2) is 79.9 Å². The monoisotopic (exact) mass is 377 g/mol. The molecule has 3 fully saturated rings. The standard InChI is InChI=1S/C19H24FN3O4/c20-15-1-3-16(4-2-15)21-9-11-23(12-10-21)18(25)17(24)22-7-5-19(6-8-22)26-13-14-27-19/h1-4H,5-14H2. The van der Waals surface area contributed by atoms with Crippen molar-refractivity contribution >= 4 is 17.5 Å². The first-order chi connectivity index (χ1) is 13.1. The summed E-state index contributed by atoms with van der Waals surface area (Å²) in [7, 11) is 0. The number of hydrogen-bond donors (Lipinski definition) is 0. The van der Waals surface area contributed by atoms with Crippen molar-refractivity contribution in [2.24, 2.45) is 0 Å². The Kier molecular flexibility index (Phi) is 5.01. The largest absolute Gasteiger partial charge is 0.368 e. The van der Waals surface area contributed by atoms with Crippen molar-refractivity contribution in [3.8, 4) is 0 Å². The van der Waals surface area contributed by atoms with E-state index in [1.165, 1.54) is 12.1 Å². The fraction of sp³-hybridized carbons (Fsp3) is 0.579. The van der Waals surface area contributed by atoms with Crippen molar-refractivity contribution < 1.29 is 23.5 Å². The minimum absolute atomic E-state index is 0.269. The number of nitrogens with zero attached hydrogens (tertiary/aromatic N) is 3. The Bertz CT molecular complexity index is 687. The smallest absolute Gasteiger partial charge is 0.312 e. The number of anilines is 1. The molecule has 0 aliphatic carbocycles. The van der Waals surface area contributed by atoms with Crippen LogP contribution >= 0.6 is 0 Å². The van der Waals surface area contributed by atoms with Crippen molar-refractivity contribution in [2.45, 2.75) is 18.6 Å². The maximum absolute atomic E-state index is 13.1. The zero-order valence-corrected chi connectivity index (χ0v) is 15.2. The number of hydrogen-bond acceptors (Lipinski definition) is 5. The number of piperidine rings is 1. The normalized spacial score (nSPS) is 22.3. The first kappa shape index (κ1) is 18.2. The minimum atomic E-state index is -0.555. The van der Waals surface area contributed by atoms with Crippen LogP contribution < -0.4 is 4.90 Å².